The summed E-state index contributed by atoms with van der Waals surface area (Å²) >= 11 is 0. The van der Waals surface area contributed by atoms with Gasteiger partial charge < -0.3 is 19.1 Å². The number of likely N-dealkylation sites (N-methyl/N-ethyl adjacent to an activating group) is 1. The van der Waals surface area contributed by atoms with Gasteiger partial charge in [-0.2, -0.15) is 0 Å². The quantitative estimate of drug-likeness (QED) is 0.764. The van der Waals surface area contributed by atoms with E-state index in [0.717, 1.165) is 58.5 Å². The third kappa shape index (κ3) is 3.78. The van der Waals surface area contributed by atoms with E-state index in [9.17, 15) is 9.59 Å². The summed E-state index contributed by atoms with van der Waals surface area (Å²) < 4.78 is 5.31. The van der Waals surface area contributed by atoms with Crippen LogP contribution in [0.15, 0.2) is 47.1 Å². The zero-order valence-corrected chi connectivity index (χ0v) is 18.3. The molecule has 0 bridgehead atoms. The van der Waals surface area contributed by atoms with E-state index >= 15 is 0 Å². The average Bonchev–Trinajstić information content (AvgIpc) is 3.43. The highest BCUT2D eigenvalue weighted by molar-refractivity contribution is 5.91. The van der Waals surface area contributed by atoms with Crippen LogP contribution in [0, 0.1) is 0 Å². The number of furan rings is 1. The zero-order valence-electron chi connectivity index (χ0n) is 18.3. The molecule has 2 aromatic rings. The van der Waals surface area contributed by atoms with E-state index in [4.69, 9.17) is 4.42 Å². The van der Waals surface area contributed by atoms with Crippen LogP contribution in [-0.2, 0) is 10.2 Å². The van der Waals surface area contributed by atoms with Gasteiger partial charge in [0.05, 0.1) is 6.26 Å². The predicted molar refractivity (Wildman–Crippen MR) is 118 cm³/mol. The summed E-state index contributed by atoms with van der Waals surface area (Å²) in [5, 5.41) is 0. The summed E-state index contributed by atoms with van der Waals surface area (Å²) in [5.41, 5.74) is 2.82. The number of piperidine rings is 1. The third-order valence-corrected chi connectivity index (χ3v) is 7.63. The molecule has 31 heavy (non-hydrogen) atoms. The first-order valence-corrected chi connectivity index (χ1v) is 11.4. The maximum Gasteiger partial charge on any atom is 0.289 e. The van der Waals surface area contributed by atoms with Crippen LogP contribution in [0.4, 0.5) is 0 Å². The standard InChI is InChI=1S/C25H31N3O3/c1-26-12-14-27(15-13-26)23(29)17-19-18-25(21-6-3-2-5-20(19)21)8-10-28(11-9-25)24(30)22-7-4-16-31-22/h2-7,16,19H,8-15,17-18H2,1H3/t19-/m1/s1. The lowest BCUT2D eigenvalue weighted by molar-refractivity contribution is -0.133. The lowest BCUT2D eigenvalue weighted by atomic mass is 9.73. The van der Waals surface area contributed by atoms with Crippen molar-refractivity contribution in [2.45, 2.75) is 37.0 Å². The van der Waals surface area contributed by atoms with Crippen LogP contribution in [-0.4, -0.2) is 72.8 Å². The van der Waals surface area contributed by atoms with Gasteiger partial charge in [-0.15, -0.1) is 0 Å². The van der Waals surface area contributed by atoms with Crippen LogP contribution in [0.25, 0.3) is 0 Å². The Morgan fingerprint density at radius 3 is 2.42 bits per heavy atom. The fourth-order valence-corrected chi connectivity index (χ4v) is 5.77. The van der Waals surface area contributed by atoms with Gasteiger partial charge in [-0.25, -0.2) is 0 Å². The molecule has 2 aliphatic heterocycles. The molecule has 0 unspecified atom stereocenters. The Balaban J connectivity index is 1.29. The molecule has 0 saturated carbocycles. The Morgan fingerprint density at radius 1 is 0.968 bits per heavy atom. The maximum atomic E-state index is 13.1. The molecule has 3 aliphatic rings. The summed E-state index contributed by atoms with van der Waals surface area (Å²) in [5.74, 6) is 0.956. The van der Waals surface area contributed by atoms with Gasteiger partial charge in [0.15, 0.2) is 5.76 Å². The van der Waals surface area contributed by atoms with Crippen LogP contribution in [0.2, 0.25) is 0 Å². The summed E-state index contributed by atoms with van der Waals surface area (Å²) in [6.07, 6.45) is 5.03. The average molecular weight is 422 g/mol. The van der Waals surface area contributed by atoms with Crippen LogP contribution in [0.1, 0.15) is 53.3 Å². The van der Waals surface area contributed by atoms with Gasteiger partial charge in [0.2, 0.25) is 5.91 Å². The van der Waals surface area contributed by atoms with Gasteiger partial charge in [-0.1, -0.05) is 24.3 Å². The minimum atomic E-state index is -0.0204. The molecule has 0 radical (unpaired) electrons. The molecule has 5 rings (SSSR count). The van der Waals surface area contributed by atoms with Gasteiger partial charge in [0.25, 0.3) is 5.91 Å². The number of fused-ring (bicyclic) bond motifs is 2. The van der Waals surface area contributed by atoms with Gasteiger partial charge in [-0.3, -0.25) is 9.59 Å². The molecule has 2 fully saturated rings. The number of nitrogens with zero attached hydrogens (tertiary/aromatic N) is 3. The lowest BCUT2D eigenvalue weighted by Gasteiger charge is -2.40. The molecule has 1 aromatic heterocycles. The van der Waals surface area contributed by atoms with Crippen molar-refractivity contribution in [3.63, 3.8) is 0 Å². The number of rotatable bonds is 3. The van der Waals surface area contributed by atoms with Gasteiger partial charge in [0.1, 0.15) is 0 Å². The molecule has 2 amide bonds. The number of carbonyl (C=O) groups is 2. The van der Waals surface area contributed by atoms with E-state index in [-0.39, 0.29) is 23.1 Å². The van der Waals surface area contributed by atoms with Crippen LogP contribution in [0.3, 0.4) is 0 Å². The highest BCUT2D eigenvalue weighted by atomic mass is 16.3. The van der Waals surface area contributed by atoms with Crippen LogP contribution in [0.5, 0.6) is 0 Å². The highest BCUT2D eigenvalue weighted by Gasteiger charge is 2.46. The minimum absolute atomic E-state index is 0.0204. The smallest absolute Gasteiger partial charge is 0.289 e. The first-order chi connectivity index (χ1) is 15.1. The second-order valence-corrected chi connectivity index (χ2v) is 9.43. The topological polar surface area (TPSA) is 57.0 Å². The fraction of sp³-hybridized carbons (Fsp3) is 0.520. The molecule has 6 heteroatoms. The Labute approximate surface area is 183 Å². The summed E-state index contributed by atoms with van der Waals surface area (Å²) in [6.45, 7) is 5.03. The number of likely N-dealkylation sites (tertiary alicyclic amines) is 1. The Hall–Kier alpha value is -2.60. The molecule has 0 N–H and O–H groups in total. The summed E-state index contributed by atoms with van der Waals surface area (Å²) in [4.78, 5) is 32.0. The van der Waals surface area contributed by atoms with Crippen molar-refractivity contribution >= 4 is 11.8 Å². The highest BCUT2D eigenvalue weighted by Crippen LogP contribution is 2.52. The molecule has 3 heterocycles. The SMILES string of the molecule is CN1CCN(C(=O)C[C@@H]2CC3(CCN(C(=O)c4ccco4)CC3)c3ccccc32)CC1. The second-order valence-electron chi connectivity index (χ2n) is 9.43. The first kappa shape index (κ1) is 20.3. The number of carbonyl (C=O) groups excluding carboxylic acids is 2. The number of piperazine rings is 1. The second kappa shape index (κ2) is 8.15. The molecule has 1 aromatic carbocycles. The van der Waals surface area contributed by atoms with Crippen molar-refractivity contribution in [3.8, 4) is 0 Å². The number of benzene rings is 1. The number of hydrogen-bond donors (Lipinski definition) is 0. The number of hydrogen-bond acceptors (Lipinski definition) is 4. The normalized spacial score (nSPS) is 23.2. The maximum absolute atomic E-state index is 13.1. The molecular weight excluding hydrogens is 390 g/mol. The molecule has 1 aliphatic carbocycles. The van der Waals surface area contributed by atoms with E-state index < -0.39 is 0 Å². The van der Waals surface area contributed by atoms with Crippen LogP contribution < -0.4 is 0 Å². The summed E-state index contributed by atoms with van der Waals surface area (Å²) in [6, 6.07) is 12.2. The van der Waals surface area contributed by atoms with E-state index in [1.54, 1.807) is 18.4 Å². The van der Waals surface area contributed by atoms with Crippen molar-refractivity contribution in [1.82, 2.24) is 14.7 Å². The minimum Gasteiger partial charge on any atom is -0.459 e. The Morgan fingerprint density at radius 2 is 1.71 bits per heavy atom. The Kier molecular flexibility index (Phi) is 5.34. The van der Waals surface area contributed by atoms with Crippen molar-refractivity contribution in [1.29, 1.82) is 0 Å². The lowest BCUT2D eigenvalue weighted by Crippen LogP contribution is -2.47. The van der Waals surface area contributed by atoms with E-state index in [1.807, 2.05) is 9.80 Å². The first-order valence-electron chi connectivity index (χ1n) is 11.4. The van der Waals surface area contributed by atoms with E-state index in [2.05, 4.69) is 36.2 Å². The summed E-state index contributed by atoms with van der Waals surface area (Å²) in [7, 11) is 2.11. The van der Waals surface area contributed by atoms with Crippen molar-refractivity contribution in [3.05, 3.63) is 59.5 Å². The molecular formula is C25H31N3O3. The van der Waals surface area contributed by atoms with Gasteiger partial charge >= 0.3 is 0 Å². The van der Waals surface area contributed by atoms with Crippen LogP contribution >= 0.6 is 0 Å². The monoisotopic (exact) mass is 421 g/mol. The van der Waals surface area contributed by atoms with E-state index in [0.29, 0.717) is 12.2 Å². The van der Waals surface area contributed by atoms with Crippen molar-refractivity contribution in [2.24, 2.45) is 0 Å². The van der Waals surface area contributed by atoms with Crippen molar-refractivity contribution in [2.75, 3.05) is 46.3 Å². The van der Waals surface area contributed by atoms with Gasteiger partial charge in [-0.05, 0) is 60.9 Å². The zero-order chi connectivity index (χ0) is 21.4. The molecule has 1 spiro atoms. The predicted octanol–water partition coefficient (Wildman–Crippen LogP) is 3.11. The molecule has 2 saturated heterocycles. The van der Waals surface area contributed by atoms with Crippen molar-refractivity contribution < 1.29 is 14.0 Å². The molecule has 1 atom stereocenters. The van der Waals surface area contributed by atoms with Gasteiger partial charge in [0, 0.05) is 45.7 Å². The Bertz CT molecular complexity index is 939. The van der Waals surface area contributed by atoms with E-state index in [1.165, 1.54) is 11.1 Å². The number of amides is 2. The largest absolute Gasteiger partial charge is 0.459 e. The third-order valence-electron chi connectivity index (χ3n) is 7.63. The fourth-order valence-electron chi connectivity index (χ4n) is 5.77. The molecule has 6 nitrogen and oxygen atoms in total. The molecule has 164 valence electrons.